The van der Waals surface area contributed by atoms with E-state index in [-0.39, 0.29) is 0 Å². The minimum Gasteiger partial charge on any atom is -0.370 e. The van der Waals surface area contributed by atoms with Crippen LogP contribution in [-0.2, 0) is 6.54 Å². The second-order valence-corrected chi connectivity index (χ2v) is 5.45. The van der Waals surface area contributed by atoms with E-state index in [1.54, 1.807) is 11.3 Å². The van der Waals surface area contributed by atoms with E-state index in [9.17, 15) is 0 Å². The molecular formula is C15H18N4S. The van der Waals surface area contributed by atoms with Crippen LogP contribution in [0.2, 0.25) is 0 Å². The standard InChI is InChI=1S/C15H18N4S/c1-11(2)8-17-15(16)18-9-14-19-13(10-20-14)12-6-4-3-5-7-12/h3-7,10H,1,8-9H2,2H3,(H3,16,17,18). The maximum absolute atomic E-state index is 5.76. The molecule has 0 spiro atoms. The minimum atomic E-state index is 0.421. The summed E-state index contributed by atoms with van der Waals surface area (Å²) in [6, 6.07) is 10.1. The SMILES string of the molecule is C=C(C)CNC(N)=NCc1nc(-c2ccccc2)cs1. The van der Waals surface area contributed by atoms with Crippen molar-refractivity contribution in [1.82, 2.24) is 10.3 Å². The summed E-state index contributed by atoms with van der Waals surface area (Å²) in [7, 11) is 0. The fourth-order valence-corrected chi connectivity index (χ4v) is 2.30. The van der Waals surface area contributed by atoms with E-state index in [4.69, 9.17) is 5.73 Å². The number of benzene rings is 1. The molecule has 104 valence electrons. The molecular weight excluding hydrogens is 268 g/mol. The molecule has 2 rings (SSSR count). The number of nitrogens with two attached hydrogens (primary N) is 1. The molecule has 1 aromatic carbocycles. The number of nitrogens with zero attached hydrogens (tertiary/aromatic N) is 2. The summed E-state index contributed by atoms with van der Waals surface area (Å²) < 4.78 is 0. The maximum atomic E-state index is 5.76. The zero-order valence-electron chi connectivity index (χ0n) is 11.5. The van der Waals surface area contributed by atoms with Gasteiger partial charge in [0.15, 0.2) is 5.96 Å². The van der Waals surface area contributed by atoms with Crippen molar-refractivity contribution in [3.05, 3.63) is 52.9 Å². The highest BCUT2D eigenvalue weighted by Crippen LogP contribution is 2.21. The van der Waals surface area contributed by atoms with Gasteiger partial charge in [-0.1, -0.05) is 42.5 Å². The molecule has 0 aliphatic carbocycles. The number of hydrogen-bond donors (Lipinski definition) is 2. The molecule has 0 bridgehead atoms. The summed E-state index contributed by atoms with van der Waals surface area (Å²) in [4.78, 5) is 8.82. The van der Waals surface area contributed by atoms with E-state index in [0.717, 1.165) is 21.8 Å². The van der Waals surface area contributed by atoms with Crippen molar-refractivity contribution >= 4 is 17.3 Å². The van der Waals surface area contributed by atoms with Gasteiger partial charge in [-0.2, -0.15) is 0 Å². The van der Waals surface area contributed by atoms with Gasteiger partial charge >= 0.3 is 0 Å². The first-order valence-electron chi connectivity index (χ1n) is 6.33. The van der Waals surface area contributed by atoms with Crippen LogP contribution in [0, 0.1) is 0 Å². The first-order chi connectivity index (χ1) is 9.65. The lowest BCUT2D eigenvalue weighted by atomic mass is 10.2. The van der Waals surface area contributed by atoms with Crippen LogP contribution in [-0.4, -0.2) is 17.5 Å². The molecule has 0 saturated heterocycles. The zero-order valence-corrected chi connectivity index (χ0v) is 12.3. The average molecular weight is 286 g/mol. The number of guanidine groups is 1. The molecule has 0 aliphatic heterocycles. The molecule has 4 nitrogen and oxygen atoms in total. The Kier molecular flexibility index (Phi) is 4.90. The maximum Gasteiger partial charge on any atom is 0.189 e. The quantitative estimate of drug-likeness (QED) is 0.505. The van der Waals surface area contributed by atoms with Gasteiger partial charge in [-0.25, -0.2) is 9.98 Å². The molecule has 0 unspecified atom stereocenters. The van der Waals surface area contributed by atoms with Gasteiger partial charge in [0.2, 0.25) is 0 Å². The number of aliphatic imine (C=N–C) groups is 1. The summed E-state index contributed by atoms with van der Waals surface area (Å²) >= 11 is 1.59. The van der Waals surface area contributed by atoms with Crippen molar-refractivity contribution < 1.29 is 0 Å². The Morgan fingerprint density at radius 2 is 2.15 bits per heavy atom. The molecule has 0 aliphatic rings. The minimum absolute atomic E-state index is 0.421. The first-order valence-corrected chi connectivity index (χ1v) is 7.21. The average Bonchev–Trinajstić information content (AvgIpc) is 2.93. The van der Waals surface area contributed by atoms with Crippen LogP contribution in [0.5, 0.6) is 0 Å². The van der Waals surface area contributed by atoms with Crippen LogP contribution in [0.4, 0.5) is 0 Å². The van der Waals surface area contributed by atoms with Gasteiger partial charge in [0.25, 0.3) is 0 Å². The van der Waals surface area contributed by atoms with Crippen LogP contribution < -0.4 is 11.1 Å². The Morgan fingerprint density at radius 1 is 1.40 bits per heavy atom. The Labute approximate surface area is 123 Å². The van der Waals surface area contributed by atoms with Gasteiger partial charge in [0.1, 0.15) is 5.01 Å². The largest absolute Gasteiger partial charge is 0.370 e. The van der Waals surface area contributed by atoms with E-state index in [2.05, 4.69) is 21.9 Å². The lowest BCUT2D eigenvalue weighted by Gasteiger charge is -2.03. The molecule has 1 aromatic heterocycles. The lowest BCUT2D eigenvalue weighted by Crippen LogP contribution is -2.32. The van der Waals surface area contributed by atoms with Crippen molar-refractivity contribution in [2.75, 3.05) is 6.54 Å². The highest BCUT2D eigenvalue weighted by atomic mass is 32.1. The molecule has 0 amide bonds. The van der Waals surface area contributed by atoms with Gasteiger partial charge in [-0.15, -0.1) is 11.3 Å². The normalized spacial score (nSPS) is 11.3. The topological polar surface area (TPSA) is 63.3 Å². The second-order valence-electron chi connectivity index (χ2n) is 4.50. The number of hydrogen-bond acceptors (Lipinski definition) is 3. The molecule has 0 fully saturated rings. The van der Waals surface area contributed by atoms with Gasteiger partial charge in [0.05, 0.1) is 12.2 Å². The summed E-state index contributed by atoms with van der Waals surface area (Å²) in [6.07, 6.45) is 0. The molecule has 1 heterocycles. The molecule has 3 N–H and O–H groups in total. The number of thiazole rings is 1. The van der Waals surface area contributed by atoms with Crippen LogP contribution in [0.15, 0.2) is 52.9 Å². The fourth-order valence-electron chi connectivity index (χ4n) is 1.58. The van der Waals surface area contributed by atoms with Crippen LogP contribution in [0.25, 0.3) is 11.3 Å². The van der Waals surface area contributed by atoms with E-state index in [0.29, 0.717) is 19.0 Å². The fraction of sp³-hybridized carbons (Fsp3) is 0.200. The summed E-state index contributed by atoms with van der Waals surface area (Å²) in [6.45, 7) is 6.87. The molecule has 0 radical (unpaired) electrons. The third-order valence-electron chi connectivity index (χ3n) is 2.58. The molecule has 0 atom stereocenters. The number of rotatable bonds is 5. The monoisotopic (exact) mass is 286 g/mol. The van der Waals surface area contributed by atoms with Crippen molar-refractivity contribution in [3.8, 4) is 11.3 Å². The third kappa shape index (κ3) is 4.20. The van der Waals surface area contributed by atoms with Crippen molar-refractivity contribution in [2.45, 2.75) is 13.5 Å². The van der Waals surface area contributed by atoms with E-state index in [1.165, 1.54) is 0 Å². The molecule has 5 heteroatoms. The Bertz CT molecular complexity index is 601. The van der Waals surface area contributed by atoms with Crippen molar-refractivity contribution in [3.63, 3.8) is 0 Å². The molecule has 20 heavy (non-hydrogen) atoms. The summed E-state index contributed by atoms with van der Waals surface area (Å²) in [5, 5.41) is 5.98. The highest BCUT2D eigenvalue weighted by Gasteiger charge is 2.03. The Morgan fingerprint density at radius 3 is 2.85 bits per heavy atom. The Hall–Kier alpha value is -2.14. The third-order valence-corrected chi connectivity index (χ3v) is 3.41. The van der Waals surface area contributed by atoms with Gasteiger partial charge < -0.3 is 11.1 Å². The first kappa shape index (κ1) is 14.3. The van der Waals surface area contributed by atoms with Crippen LogP contribution in [0.1, 0.15) is 11.9 Å². The zero-order chi connectivity index (χ0) is 14.4. The number of nitrogens with one attached hydrogen (secondary N) is 1. The molecule has 2 aromatic rings. The summed E-state index contributed by atoms with van der Waals surface area (Å²) in [5.74, 6) is 0.421. The van der Waals surface area contributed by atoms with E-state index >= 15 is 0 Å². The van der Waals surface area contributed by atoms with Gasteiger partial charge in [0, 0.05) is 17.5 Å². The predicted molar refractivity (Wildman–Crippen MR) is 85.7 cm³/mol. The second kappa shape index (κ2) is 6.86. The summed E-state index contributed by atoms with van der Waals surface area (Å²) in [5.41, 5.74) is 8.88. The van der Waals surface area contributed by atoms with Gasteiger partial charge in [-0.05, 0) is 6.92 Å². The molecule has 0 saturated carbocycles. The predicted octanol–water partition coefficient (Wildman–Crippen LogP) is 2.79. The van der Waals surface area contributed by atoms with Crippen molar-refractivity contribution in [2.24, 2.45) is 10.7 Å². The number of aromatic nitrogens is 1. The van der Waals surface area contributed by atoms with Gasteiger partial charge in [-0.3, -0.25) is 0 Å². The Balaban J connectivity index is 1.96. The van der Waals surface area contributed by atoms with E-state index < -0.39 is 0 Å². The lowest BCUT2D eigenvalue weighted by molar-refractivity contribution is 0.935. The smallest absolute Gasteiger partial charge is 0.189 e. The van der Waals surface area contributed by atoms with Crippen molar-refractivity contribution in [1.29, 1.82) is 0 Å². The van der Waals surface area contributed by atoms with Crippen LogP contribution >= 0.6 is 11.3 Å². The van der Waals surface area contributed by atoms with E-state index in [1.807, 2.05) is 42.6 Å². The van der Waals surface area contributed by atoms with Crippen LogP contribution in [0.3, 0.4) is 0 Å². The highest BCUT2D eigenvalue weighted by molar-refractivity contribution is 7.09.